The molecule has 1 aromatic heterocycles. The minimum atomic E-state index is -0.204. The van der Waals surface area contributed by atoms with Gasteiger partial charge in [0.1, 0.15) is 11.5 Å². The van der Waals surface area contributed by atoms with Crippen LogP contribution >= 0.6 is 0 Å². The van der Waals surface area contributed by atoms with Gasteiger partial charge in [0.25, 0.3) is 0 Å². The van der Waals surface area contributed by atoms with Crippen LogP contribution in [0.2, 0.25) is 0 Å². The van der Waals surface area contributed by atoms with Crippen LogP contribution in [0, 0.1) is 5.82 Å². The Labute approximate surface area is 92.8 Å². The zero-order valence-corrected chi connectivity index (χ0v) is 8.87. The van der Waals surface area contributed by atoms with Crippen LogP contribution in [0.3, 0.4) is 0 Å². The summed E-state index contributed by atoms with van der Waals surface area (Å²) in [7, 11) is 0. The number of anilines is 1. The van der Waals surface area contributed by atoms with E-state index < -0.39 is 0 Å². The summed E-state index contributed by atoms with van der Waals surface area (Å²) in [5.41, 5.74) is 1.26. The normalized spacial score (nSPS) is 16.9. The standard InChI is InChI=1S/C12H13FN2O/c13-10-2-1-9-3-8-16-12(9)11(10)15-6-4-14-5-7-15/h1-3,8,14H,4-7H2. The highest BCUT2D eigenvalue weighted by molar-refractivity contribution is 5.89. The molecular weight excluding hydrogens is 207 g/mol. The van der Waals surface area contributed by atoms with Gasteiger partial charge in [0.2, 0.25) is 0 Å². The predicted molar refractivity (Wildman–Crippen MR) is 61.3 cm³/mol. The third kappa shape index (κ3) is 1.46. The second-order valence-corrected chi connectivity index (χ2v) is 3.97. The van der Waals surface area contributed by atoms with Crippen molar-refractivity contribution in [1.29, 1.82) is 0 Å². The molecular formula is C12H13FN2O. The van der Waals surface area contributed by atoms with Crippen LogP contribution in [0.15, 0.2) is 28.9 Å². The Morgan fingerprint density at radius 2 is 2.00 bits per heavy atom. The second-order valence-electron chi connectivity index (χ2n) is 3.97. The van der Waals surface area contributed by atoms with Crippen LogP contribution in [0.4, 0.5) is 10.1 Å². The van der Waals surface area contributed by atoms with E-state index in [9.17, 15) is 4.39 Å². The van der Waals surface area contributed by atoms with Crippen molar-refractivity contribution in [3.8, 4) is 0 Å². The Hall–Kier alpha value is -1.55. The molecule has 84 valence electrons. The fraction of sp³-hybridized carbons (Fsp3) is 0.333. The van der Waals surface area contributed by atoms with E-state index in [1.54, 1.807) is 12.3 Å². The summed E-state index contributed by atoms with van der Waals surface area (Å²) in [4.78, 5) is 2.04. The lowest BCUT2D eigenvalue weighted by Crippen LogP contribution is -2.43. The van der Waals surface area contributed by atoms with Gasteiger partial charge in [-0.3, -0.25) is 0 Å². The molecule has 0 spiro atoms. The van der Waals surface area contributed by atoms with E-state index in [2.05, 4.69) is 5.32 Å². The molecule has 0 atom stereocenters. The van der Waals surface area contributed by atoms with Gasteiger partial charge in [-0.25, -0.2) is 4.39 Å². The van der Waals surface area contributed by atoms with Crippen LogP contribution in [0.25, 0.3) is 11.0 Å². The minimum Gasteiger partial charge on any atom is -0.462 e. The number of benzene rings is 1. The van der Waals surface area contributed by atoms with Gasteiger partial charge in [0.05, 0.1) is 6.26 Å². The van der Waals surface area contributed by atoms with Crippen molar-refractivity contribution in [2.75, 3.05) is 31.1 Å². The Morgan fingerprint density at radius 3 is 2.81 bits per heavy atom. The number of fused-ring (bicyclic) bond motifs is 1. The van der Waals surface area contributed by atoms with Gasteiger partial charge in [0.15, 0.2) is 5.58 Å². The maximum Gasteiger partial charge on any atom is 0.160 e. The van der Waals surface area contributed by atoms with Crippen molar-refractivity contribution in [2.24, 2.45) is 0 Å². The summed E-state index contributed by atoms with van der Waals surface area (Å²) in [6, 6.07) is 5.12. The second kappa shape index (κ2) is 3.79. The molecule has 0 radical (unpaired) electrons. The summed E-state index contributed by atoms with van der Waals surface area (Å²) in [5, 5.41) is 4.20. The van der Waals surface area contributed by atoms with Crippen molar-refractivity contribution in [1.82, 2.24) is 5.32 Å². The first-order valence-electron chi connectivity index (χ1n) is 5.47. The lowest BCUT2D eigenvalue weighted by Gasteiger charge is -2.29. The Morgan fingerprint density at radius 1 is 1.19 bits per heavy atom. The predicted octanol–water partition coefficient (Wildman–Crippen LogP) is 1.98. The molecule has 4 heteroatoms. The molecule has 1 saturated heterocycles. The molecule has 0 unspecified atom stereocenters. The summed E-state index contributed by atoms with van der Waals surface area (Å²) in [6.45, 7) is 3.40. The highest BCUT2D eigenvalue weighted by Gasteiger charge is 2.19. The van der Waals surface area contributed by atoms with Crippen molar-refractivity contribution in [2.45, 2.75) is 0 Å². The fourth-order valence-corrected chi connectivity index (χ4v) is 2.18. The SMILES string of the molecule is Fc1ccc2ccoc2c1N1CCNCC1. The third-order valence-electron chi connectivity index (χ3n) is 2.98. The Bertz CT molecular complexity index is 503. The molecule has 1 fully saturated rings. The van der Waals surface area contributed by atoms with E-state index in [1.165, 1.54) is 6.07 Å². The molecule has 0 bridgehead atoms. The summed E-state index contributed by atoms with van der Waals surface area (Å²) < 4.78 is 19.2. The molecule has 0 aliphatic carbocycles. The van der Waals surface area contributed by atoms with E-state index in [4.69, 9.17) is 4.42 Å². The number of halogens is 1. The zero-order valence-electron chi connectivity index (χ0n) is 8.87. The maximum atomic E-state index is 13.9. The van der Waals surface area contributed by atoms with Crippen LogP contribution in [0.5, 0.6) is 0 Å². The van der Waals surface area contributed by atoms with Crippen LogP contribution < -0.4 is 10.2 Å². The summed E-state index contributed by atoms with van der Waals surface area (Å²) in [5.74, 6) is -0.204. The number of furan rings is 1. The van der Waals surface area contributed by atoms with Gasteiger partial charge < -0.3 is 14.6 Å². The Kier molecular flexibility index (Phi) is 2.29. The smallest absolute Gasteiger partial charge is 0.160 e. The number of piperazine rings is 1. The van der Waals surface area contributed by atoms with Gasteiger partial charge in [-0.1, -0.05) is 0 Å². The van der Waals surface area contributed by atoms with E-state index in [0.29, 0.717) is 11.3 Å². The molecule has 3 nitrogen and oxygen atoms in total. The fourth-order valence-electron chi connectivity index (χ4n) is 2.18. The van der Waals surface area contributed by atoms with Crippen molar-refractivity contribution in [3.63, 3.8) is 0 Å². The van der Waals surface area contributed by atoms with Crippen LogP contribution in [-0.4, -0.2) is 26.2 Å². The topological polar surface area (TPSA) is 28.4 Å². The number of rotatable bonds is 1. The zero-order chi connectivity index (χ0) is 11.0. The molecule has 1 aliphatic rings. The van der Waals surface area contributed by atoms with Crippen molar-refractivity contribution >= 4 is 16.7 Å². The van der Waals surface area contributed by atoms with E-state index in [-0.39, 0.29) is 5.82 Å². The van der Waals surface area contributed by atoms with E-state index in [0.717, 1.165) is 31.6 Å². The van der Waals surface area contributed by atoms with E-state index >= 15 is 0 Å². The highest BCUT2D eigenvalue weighted by atomic mass is 19.1. The van der Waals surface area contributed by atoms with Crippen LogP contribution in [-0.2, 0) is 0 Å². The van der Waals surface area contributed by atoms with Gasteiger partial charge in [0, 0.05) is 31.6 Å². The molecule has 0 saturated carbocycles. The van der Waals surface area contributed by atoms with Gasteiger partial charge >= 0.3 is 0 Å². The summed E-state index contributed by atoms with van der Waals surface area (Å²) in [6.07, 6.45) is 1.61. The molecule has 1 aliphatic heterocycles. The van der Waals surface area contributed by atoms with Crippen molar-refractivity contribution in [3.05, 3.63) is 30.3 Å². The largest absolute Gasteiger partial charge is 0.462 e. The van der Waals surface area contributed by atoms with E-state index in [1.807, 2.05) is 11.0 Å². The monoisotopic (exact) mass is 220 g/mol. The third-order valence-corrected chi connectivity index (χ3v) is 2.98. The van der Waals surface area contributed by atoms with Crippen molar-refractivity contribution < 1.29 is 8.81 Å². The first-order valence-corrected chi connectivity index (χ1v) is 5.47. The van der Waals surface area contributed by atoms with Crippen LogP contribution in [0.1, 0.15) is 0 Å². The number of hydrogen-bond donors (Lipinski definition) is 1. The molecule has 2 aromatic rings. The molecule has 3 rings (SSSR count). The van der Waals surface area contributed by atoms with Gasteiger partial charge in [-0.05, 0) is 18.2 Å². The first kappa shape index (κ1) is 9.66. The number of nitrogens with zero attached hydrogens (tertiary/aromatic N) is 1. The molecule has 2 heterocycles. The lowest BCUT2D eigenvalue weighted by atomic mass is 10.2. The number of hydrogen-bond acceptors (Lipinski definition) is 3. The molecule has 1 N–H and O–H groups in total. The average molecular weight is 220 g/mol. The molecule has 0 amide bonds. The summed E-state index contributed by atoms with van der Waals surface area (Å²) >= 11 is 0. The highest BCUT2D eigenvalue weighted by Crippen LogP contribution is 2.30. The molecule has 16 heavy (non-hydrogen) atoms. The maximum absolute atomic E-state index is 13.9. The molecule has 1 aromatic carbocycles. The first-order chi connectivity index (χ1) is 7.86. The number of nitrogens with one attached hydrogen (secondary N) is 1. The van der Waals surface area contributed by atoms with Gasteiger partial charge in [-0.15, -0.1) is 0 Å². The quantitative estimate of drug-likeness (QED) is 0.796. The lowest BCUT2D eigenvalue weighted by molar-refractivity contribution is 0.556. The van der Waals surface area contributed by atoms with Gasteiger partial charge in [-0.2, -0.15) is 0 Å². The Balaban J connectivity index is 2.12. The average Bonchev–Trinajstić information content (AvgIpc) is 2.78. The minimum absolute atomic E-state index is 0.204.